The number of halogens is 2. The van der Waals surface area contributed by atoms with E-state index >= 15 is 0 Å². The molecule has 35 heavy (non-hydrogen) atoms. The fourth-order valence-corrected chi connectivity index (χ4v) is 4.32. The first kappa shape index (κ1) is 28.1. The van der Waals surface area contributed by atoms with Gasteiger partial charge in [-0.3, -0.25) is 9.59 Å². The van der Waals surface area contributed by atoms with Gasteiger partial charge in [-0.05, 0) is 25.7 Å². The molecular weight excluding hydrogens is 499 g/mol. The lowest BCUT2D eigenvalue weighted by Crippen LogP contribution is -2.39. The van der Waals surface area contributed by atoms with E-state index in [4.69, 9.17) is 46.1 Å². The van der Waals surface area contributed by atoms with Gasteiger partial charge < -0.3 is 38.2 Å². The first-order valence-electron chi connectivity index (χ1n) is 10.8. The van der Waals surface area contributed by atoms with E-state index in [1.807, 2.05) is 9.80 Å². The molecule has 0 atom stereocenters. The van der Waals surface area contributed by atoms with E-state index in [0.717, 1.165) is 51.9 Å². The van der Waals surface area contributed by atoms with Crippen LogP contribution < -0.4 is 32.7 Å². The van der Waals surface area contributed by atoms with Crippen molar-refractivity contribution < 1.29 is 15.1 Å². The summed E-state index contributed by atoms with van der Waals surface area (Å²) >= 11 is 11.6. The highest BCUT2D eigenvalue weighted by Gasteiger charge is 2.25. The van der Waals surface area contributed by atoms with Gasteiger partial charge in [0.2, 0.25) is 23.7 Å². The van der Waals surface area contributed by atoms with Gasteiger partial charge in [-0.1, -0.05) is 23.2 Å². The Morgan fingerprint density at radius 2 is 1.03 bits per heavy atom. The number of carbonyl (C=O) groups is 2. The van der Waals surface area contributed by atoms with Gasteiger partial charge in [0, 0.05) is 50.1 Å². The minimum absolute atomic E-state index is 0. The predicted octanol–water partition coefficient (Wildman–Crippen LogP) is 0.00310. The number of anilines is 4. The SMILES string of the molecule is NC(=O)C1CCN(c2cc(Cl)nc(N)n2)CC1.NC(=O)C1CCN(c2cc(Cl)nc(N)n2)CC1.O. The second kappa shape index (κ2) is 12.5. The summed E-state index contributed by atoms with van der Waals surface area (Å²) in [4.78, 5) is 42.0. The molecule has 4 heterocycles. The summed E-state index contributed by atoms with van der Waals surface area (Å²) in [7, 11) is 0. The molecule has 2 saturated heterocycles. The number of primary amides is 2. The molecule has 0 unspecified atom stereocenters. The Morgan fingerprint density at radius 3 is 1.29 bits per heavy atom. The van der Waals surface area contributed by atoms with E-state index in [1.54, 1.807) is 12.1 Å². The molecule has 2 aromatic rings. The number of nitrogen functional groups attached to an aromatic ring is 2. The Kier molecular flexibility index (Phi) is 10.0. The number of amides is 2. The zero-order valence-corrected chi connectivity index (χ0v) is 20.5. The number of nitrogens with two attached hydrogens (primary N) is 4. The van der Waals surface area contributed by atoms with Gasteiger partial charge in [0.1, 0.15) is 21.9 Å². The number of nitrogens with zero attached hydrogens (tertiary/aromatic N) is 6. The molecule has 10 N–H and O–H groups in total. The molecule has 0 saturated carbocycles. The van der Waals surface area contributed by atoms with Crippen LogP contribution in [0.5, 0.6) is 0 Å². The smallest absolute Gasteiger partial charge is 0.223 e. The number of aromatic nitrogens is 4. The normalized spacial score (nSPS) is 16.6. The van der Waals surface area contributed by atoms with E-state index in [9.17, 15) is 9.59 Å². The largest absolute Gasteiger partial charge is 0.412 e. The molecule has 0 spiro atoms. The standard InChI is InChI=1S/2C10H14ClN5O.H2O/c2*11-7-5-8(15-10(13)14-7)16-3-1-6(2-4-16)9(12)17;/h2*5-6H,1-4H2,(H2,12,17)(H2,13,14,15);1H2. The maximum absolute atomic E-state index is 11.0. The summed E-state index contributed by atoms with van der Waals surface area (Å²) in [5.41, 5.74) is 21.6. The van der Waals surface area contributed by atoms with Crippen molar-refractivity contribution >= 4 is 58.5 Å². The van der Waals surface area contributed by atoms with E-state index in [-0.39, 0.29) is 41.0 Å². The summed E-state index contributed by atoms with van der Waals surface area (Å²) in [6, 6.07) is 3.34. The number of carbonyl (C=O) groups excluding carboxylic acids is 2. The third kappa shape index (κ3) is 7.94. The lowest BCUT2D eigenvalue weighted by atomic mass is 9.96. The highest BCUT2D eigenvalue weighted by molar-refractivity contribution is 6.30. The Hall–Kier alpha value is -3.16. The van der Waals surface area contributed by atoms with Gasteiger partial charge in [0.25, 0.3) is 0 Å². The number of hydrogen-bond donors (Lipinski definition) is 4. The predicted molar refractivity (Wildman–Crippen MR) is 135 cm³/mol. The fourth-order valence-electron chi connectivity index (χ4n) is 3.96. The first-order valence-corrected chi connectivity index (χ1v) is 11.6. The lowest BCUT2D eigenvalue weighted by molar-refractivity contribution is -0.123. The fraction of sp³-hybridized carbons (Fsp3) is 0.500. The van der Waals surface area contributed by atoms with Crippen LogP contribution in [0.1, 0.15) is 25.7 Å². The van der Waals surface area contributed by atoms with Crippen molar-refractivity contribution in [3.8, 4) is 0 Å². The molecule has 4 rings (SSSR count). The van der Waals surface area contributed by atoms with Crippen LogP contribution in [0, 0.1) is 11.8 Å². The molecule has 2 aromatic heterocycles. The van der Waals surface area contributed by atoms with Gasteiger partial charge in [0.05, 0.1) is 0 Å². The van der Waals surface area contributed by atoms with Crippen molar-refractivity contribution in [2.75, 3.05) is 47.4 Å². The molecular formula is C20H30Cl2N10O3. The number of hydrogen-bond acceptors (Lipinski definition) is 10. The molecule has 2 aliphatic heterocycles. The molecule has 0 aliphatic carbocycles. The molecule has 15 heteroatoms. The Labute approximate surface area is 212 Å². The van der Waals surface area contributed by atoms with Crippen molar-refractivity contribution in [2.24, 2.45) is 23.3 Å². The molecule has 2 aliphatic rings. The minimum Gasteiger partial charge on any atom is -0.412 e. The summed E-state index contributed by atoms with van der Waals surface area (Å²) in [6.45, 7) is 2.89. The summed E-state index contributed by atoms with van der Waals surface area (Å²) < 4.78 is 0. The third-order valence-electron chi connectivity index (χ3n) is 5.84. The van der Waals surface area contributed by atoms with Gasteiger partial charge in [-0.25, -0.2) is 9.97 Å². The van der Waals surface area contributed by atoms with Crippen LogP contribution in [0.3, 0.4) is 0 Å². The van der Waals surface area contributed by atoms with Crippen molar-refractivity contribution in [1.82, 2.24) is 19.9 Å². The topological polar surface area (TPSA) is 228 Å². The molecule has 13 nitrogen and oxygen atoms in total. The van der Waals surface area contributed by atoms with Gasteiger partial charge in [-0.15, -0.1) is 0 Å². The van der Waals surface area contributed by atoms with Crippen LogP contribution in [0.4, 0.5) is 23.5 Å². The third-order valence-corrected chi connectivity index (χ3v) is 6.23. The number of rotatable bonds is 4. The van der Waals surface area contributed by atoms with Gasteiger partial charge >= 0.3 is 0 Å². The Bertz CT molecular complexity index is 906. The van der Waals surface area contributed by atoms with Crippen LogP contribution in [-0.2, 0) is 9.59 Å². The van der Waals surface area contributed by atoms with Crippen LogP contribution in [0.25, 0.3) is 0 Å². The van der Waals surface area contributed by atoms with E-state index < -0.39 is 0 Å². The molecule has 192 valence electrons. The van der Waals surface area contributed by atoms with Crippen LogP contribution in [0.15, 0.2) is 12.1 Å². The highest BCUT2D eigenvalue weighted by atomic mass is 35.5. The highest BCUT2D eigenvalue weighted by Crippen LogP contribution is 2.25. The van der Waals surface area contributed by atoms with Crippen molar-refractivity contribution in [2.45, 2.75) is 25.7 Å². The summed E-state index contributed by atoms with van der Waals surface area (Å²) in [5.74, 6) is 1.17. The maximum atomic E-state index is 11.0. The van der Waals surface area contributed by atoms with Gasteiger partial charge in [-0.2, -0.15) is 9.97 Å². The molecule has 0 aromatic carbocycles. The van der Waals surface area contributed by atoms with Gasteiger partial charge in [0.15, 0.2) is 0 Å². The van der Waals surface area contributed by atoms with E-state index in [0.29, 0.717) is 21.9 Å². The van der Waals surface area contributed by atoms with E-state index in [2.05, 4.69) is 19.9 Å². The second-order valence-electron chi connectivity index (χ2n) is 8.14. The van der Waals surface area contributed by atoms with Crippen molar-refractivity contribution in [1.29, 1.82) is 0 Å². The van der Waals surface area contributed by atoms with Crippen LogP contribution in [-0.4, -0.2) is 63.4 Å². The molecule has 0 bridgehead atoms. The van der Waals surface area contributed by atoms with Crippen LogP contribution in [0.2, 0.25) is 10.3 Å². The average molecular weight is 529 g/mol. The Balaban J connectivity index is 0.000000240. The second-order valence-corrected chi connectivity index (χ2v) is 8.92. The zero-order valence-electron chi connectivity index (χ0n) is 19.0. The maximum Gasteiger partial charge on any atom is 0.223 e. The number of piperidine rings is 2. The molecule has 2 amide bonds. The van der Waals surface area contributed by atoms with E-state index in [1.165, 1.54) is 0 Å². The quantitative estimate of drug-likeness (QED) is 0.388. The Morgan fingerprint density at radius 1 is 0.714 bits per heavy atom. The molecule has 0 radical (unpaired) electrons. The zero-order chi connectivity index (χ0) is 24.8. The summed E-state index contributed by atoms with van der Waals surface area (Å²) in [6.07, 6.45) is 2.93. The van der Waals surface area contributed by atoms with Crippen molar-refractivity contribution in [3.05, 3.63) is 22.4 Å². The lowest BCUT2D eigenvalue weighted by Gasteiger charge is -2.31. The summed E-state index contributed by atoms with van der Waals surface area (Å²) in [5, 5.41) is 0.647. The molecule has 2 fully saturated rings. The van der Waals surface area contributed by atoms with Crippen molar-refractivity contribution in [3.63, 3.8) is 0 Å². The first-order chi connectivity index (χ1) is 16.1. The average Bonchev–Trinajstić information content (AvgIpc) is 2.78. The minimum atomic E-state index is -0.232. The monoisotopic (exact) mass is 528 g/mol. The van der Waals surface area contributed by atoms with Crippen LogP contribution >= 0.6 is 23.2 Å².